The van der Waals surface area contributed by atoms with Crippen LogP contribution >= 0.6 is 0 Å². The predicted octanol–water partition coefficient (Wildman–Crippen LogP) is 2.29. The number of nitrogens with zero attached hydrogens (tertiary/aromatic N) is 4. The molecule has 5 rings (SSSR count). The maximum Gasteiger partial charge on any atom is 0.223 e. The van der Waals surface area contributed by atoms with E-state index in [-0.39, 0.29) is 23.8 Å². The van der Waals surface area contributed by atoms with Crippen LogP contribution in [0.25, 0.3) is 11.0 Å². The molecule has 3 N–H and O–H groups in total. The molecule has 31 heavy (non-hydrogen) atoms. The normalized spacial score (nSPS) is 20.4. The number of carbonyl (C=O) groups excluding carboxylic acids is 1. The first kappa shape index (κ1) is 19.5. The van der Waals surface area contributed by atoms with Crippen LogP contribution in [0, 0.1) is 22.7 Å². The minimum Gasteiger partial charge on any atom is -0.387 e. The number of aromatic amines is 1. The van der Waals surface area contributed by atoms with Gasteiger partial charge in [-0.15, -0.1) is 0 Å². The van der Waals surface area contributed by atoms with E-state index in [1.54, 1.807) is 30.6 Å². The van der Waals surface area contributed by atoms with Crippen molar-refractivity contribution < 1.29 is 9.90 Å². The Labute approximate surface area is 179 Å². The number of amides is 1. The highest BCUT2D eigenvalue weighted by molar-refractivity contribution is 5.87. The Bertz CT molecular complexity index is 1140. The van der Waals surface area contributed by atoms with Gasteiger partial charge in [-0.05, 0) is 48.4 Å². The quantitative estimate of drug-likeness (QED) is 0.587. The number of aliphatic hydroxyl groups is 1. The largest absolute Gasteiger partial charge is 0.387 e. The minimum atomic E-state index is -0.796. The molecule has 2 atom stereocenters. The maximum atomic E-state index is 13.0. The zero-order chi connectivity index (χ0) is 21.4. The van der Waals surface area contributed by atoms with Gasteiger partial charge in [0.1, 0.15) is 17.8 Å². The van der Waals surface area contributed by atoms with Gasteiger partial charge in [-0.1, -0.05) is 12.1 Å². The lowest BCUT2D eigenvalue weighted by atomic mass is 9.81. The fraction of sp³-hybridized carbons (Fsp3) is 0.391. The summed E-state index contributed by atoms with van der Waals surface area (Å²) in [5, 5.41) is 23.3. The molecule has 0 bridgehead atoms. The van der Waals surface area contributed by atoms with Crippen LogP contribution in [0.1, 0.15) is 36.5 Å². The third kappa shape index (κ3) is 3.62. The van der Waals surface area contributed by atoms with Gasteiger partial charge in [0.15, 0.2) is 0 Å². The van der Waals surface area contributed by atoms with Gasteiger partial charge in [-0.2, -0.15) is 5.26 Å². The van der Waals surface area contributed by atoms with Crippen LogP contribution < -0.4 is 10.2 Å². The summed E-state index contributed by atoms with van der Waals surface area (Å²) in [5.74, 6) is 0.882. The number of nitriles is 1. The molecule has 3 heterocycles. The Kier molecular flexibility index (Phi) is 4.83. The van der Waals surface area contributed by atoms with E-state index in [1.165, 1.54) is 0 Å². The second kappa shape index (κ2) is 7.67. The molecule has 1 saturated heterocycles. The van der Waals surface area contributed by atoms with Crippen LogP contribution in [0.15, 0.2) is 42.9 Å². The number of benzene rings is 1. The standard InChI is InChI=1S/C23H24N6O2/c24-11-15-1-3-16(4-2-15)19(30)12-26-22(31)18-6-10-29(13-23(18)7-8-23)21-17-5-9-25-20(17)27-14-28-21/h1-5,9,14,18-19,30H,6-8,10,12-13H2,(H,26,31)(H,25,27,28)/t18?,19-/m0/s1. The van der Waals surface area contributed by atoms with Crippen LogP contribution in [0.3, 0.4) is 0 Å². The third-order valence-corrected chi connectivity index (χ3v) is 6.67. The fourth-order valence-corrected chi connectivity index (χ4v) is 4.75. The lowest BCUT2D eigenvalue weighted by Gasteiger charge is -2.39. The van der Waals surface area contributed by atoms with E-state index in [0.29, 0.717) is 11.1 Å². The highest BCUT2D eigenvalue weighted by atomic mass is 16.3. The highest BCUT2D eigenvalue weighted by Gasteiger charge is 2.55. The average molecular weight is 416 g/mol. The van der Waals surface area contributed by atoms with E-state index in [4.69, 9.17) is 5.26 Å². The van der Waals surface area contributed by atoms with Crippen molar-refractivity contribution in [2.24, 2.45) is 11.3 Å². The molecule has 1 unspecified atom stereocenters. The number of H-pyrrole nitrogens is 1. The Hall–Kier alpha value is -3.44. The van der Waals surface area contributed by atoms with Crippen LogP contribution in [0.2, 0.25) is 0 Å². The van der Waals surface area contributed by atoms with Crippen molar-refractivity contribution in [2.75, 3.05) is 24.5 Å². The summed E-state index contributed by atoms with van der Waals surface area (Å²) in [6, 6.07) is 10.8. The summed E-state index contributed by atoms with van der Waals surface area (Å²) in [5.41, 5.74) is 2.04. The minimum absolute atomic E-state index is 0.0133. The molecule has 8 heteroatoms. The number of anilines is 1. The first-order valence-electron chi connectivity index (χ1n) is 10.6. The number of aliphatic hydroxyl groups excluding tert-OH is 1. The summed E-state index contributed by atoms with van der Waals surface area (Å²) < 4.78 is 0. The van der Waals surface area contributed by atoms with Crippen LogP contribution in [0.4, 0.5) is 5.82 Å². The van der Waals surface area contributed by atoms with Crippen molar-refractivity contribution in [3.05, 3.63) is 54.0 Å². The van der Waals surface area contributed by atoms with Gasteiger partial charge >= 0.3 is 0 Å². The molecule has 2 aromatic heterocycles. The number of piperidine rings is 1. The van der Waals surface area contributed by atoms with Crippen molar-refractivity contribution in [1.29, 1.82) is 5.26 Å². The Morgan fingerprint density at radius 3 is 2.87 bits per heavy atom. The number of aromatic nitrogens is 3. The summed E-state index contributed by atoms with van der Waals surface area (Å²) >= 11 is 0. The van der Waals surface area contributed by atoms with Crippen LogP contribution in [0.5, 0.6) is 0 Å². The zero-order valence-electron chi connectivity index (χ0n) is 17.1. The summed E-state index contributed by atoms with van der Waals surface area (Å²) in [7, 11) is 0. The van der Waals surface area contributed by atoms with E-state index < -0.39 is 6.10 Å². The summed E-state index contributed by atoms with van der Waals surface area (Å²) in [4.78, 5) is 27.2. The number of rotatable bonds is 5. The highest BCUT2D eigenvalue weighted by Crippen LogP contribution is 2.56. The molecule has 1 saturated carbocycles. The van der Waals surface area contributed by atoms with Crippen molar-refractivity contribution in [3.8, 4) is 6.07 Å². The number of hydrogen-bond donors (Lipinski definition) is 3. The van der Waals surface area contributed by atoms with Crippen molar-refractivity contribution in [3.63, 3.8) is 0 Å². The third-order valence-electron chi connectivity index (χ3n) is 6.67. The number of fused-ring (bicyclic) bond motifs is 1. The molecular weight excluding hydrogens is 392 g/mol. The monoisotopic (exact) mass is 416 g/mol. The van der Waals surface area contributed by atoms with Crippen LogP contribution in [-0.4, -0.2) is 45.6 Å². The molecule has 1 aliphatic heterocycles. The molecule has 3 aromatic rings. The molecule has 1 aliphatic carbocycles. The second-order valence-electron chi connectivity index (χ2n) is 8.56. The molecule has 158 valence electrons. The molecular formula is C23H24N6O2. The van der Waals surface area contributed by atoms with E-state index in [1.807, 2.05) is 12.3 Å². The molecule has 1 spiro atoms. The lowest BCUT2D eigenvalue weighted by molar-refractivity contribution is -0.128. The van der Waals surface area contributed by atoms with E-state index in [0.717, 1.165) is 49.2 Å². The van der Waals surface area contributed by atoms with Crippen molar-refractivity contribution >= 4 is 22.8 Å². The SMILES string of the molecule is N#Cc1ccc([C@@H](O)CNC(=O)C2CCN(c3ncnc4[nH]ccc34)CC23CC3)cc1. The molecule has 2 aliphatic rings. The fourth-order valence-electron chi connectivity index (χ4n) is 4.75. The smallest absolute Gasteiger partial charge is 0.223 e. The molecule has 1 amide bonds. The first-order chi connectivity index (χ1) is 15.1. The Morgan fingerprint density at radius 1 is 1.32 bits per heavy atom. The van der Waals surface area contributed by atoms with E-state index >= 15 is 0 Å². The van der Waals surface area contributed by atoms with Gasteiger partial charge < -0.3 is 20.3 Å². The first-order valence-corrected chi connectivity index (χ1v) is 10.6. The summed E-state index contributed by atoms with van der Waals surface area (Å²) in [6.45, 7) is 1.73. The average Bonchev–Trinajstić information content (AvgIpc) is 3.38. The van der Waals surface area contributed by atoms with Gasteiger partial charge in [-0.25, -0.2) is 9.97 Å². The van der Waals surface area contributed by atoms with Gasteiger partial charge in [-0.3, -0.25) is 4.79 Å². The van der Waals surface area contributed by atoms with E-state index in [2.05, 4.69) is 31.2 Å². The predicted molar refractivity (Wildman–Crippen MR) is 115 cm³/mol. The molecule has 8 nitrogen and oxygen atoms in total. The van der Waals surface area contributed by atoms with Crippen molar-refractivity contribution in [2.45, 2.75) is 25.4 Å². The van der Waals surface area contributed by atoms with Gasteiger partial charge in [0, 0.05) is 31.7 Å². The number of carbonyl (C=O) groups is 1. The van der Waals surface area contributed by atoms with Gasteiger partial charge in [0.2, 0.25) is 5.91 Å². The molecule has 1 aromatic carbocycles. The summed E-state index contributed by atoms with van der Waals surface area (Å²) in [6.07, 6.45) is 5.47. The van der Waals surface area contributed by atoms with Gasteiger partial charge in [0.05, 0.1) is 23.1 Å². The number of hydrogen-bond acceptors (Lipinski definition) is 6. The lowest BCUT2D eigenvalue weighted by Crippen LogP contribution is -2.48. The number of nitrogens with one attached hydrogen (secondary N) is 2. The topological polar surface area (TPSA) is 118 Å². The van der Waals surface area contributed by atoms with E-state index in [9.17, 15) is 9.90 Å². The van der Waals surface area contributed by atoms with Crippen molar-refractivity contribution in [1.82, 2.24) is 20.3 Å². The molecule has 2 fully saturated rings. The molecule has 0 radical (unpaired) electrons. The van der Waals surface area contributed by atoms with Crippen LogP contribution in [-0.2, 0) is 4.79 Å². The van der Waals surface area contributed by atoms with Gasteiger partial charge in [0.25, 0.3) is 0 Å². The zero-order valence-corrected chi connectivity index (χ0v) is 17.1. The maximum absolute atomic E-state index is 13.0. The Balaban J connectivity index is 1.23. The Morgan fingerprint density at radius 2 is 2.13 bits per heavy atom. The second-order valence-corrected chi connectivity index (χ2v) is 8.56.